The van der Waals surface area contributed by atoms with Gasteiger partial charge in [-0.3, -0.25) is 4.55 Å². The van der Waals surface area contributed by atoms with E-state index in [1.165, 1.54) is 13.8 Å². The topological polar surface area (TPSA) is 116 Å². The first-order valence-electron chi connectivity index (χ1n) is 6.68. The summed E-state index contributed by atoms with van der Waals surface area (Å²) in [4.78, 5) is 22.9. The largest absolute Gasteiger partial charge is 0.468 e. The Balaban J connectivity index is 6.10. The van der Waals surface area contributed by atoms with E-state index in [0.29, 0.717) is 0 Å². The maximum absolute atomic E-state index is 13.3. The Morgan fingerprint density at radius 3 is 1.96 bits per heavy atom. The summed E-state index contributed by atoms with van der Waals surface area (Å²) in [6.07, 6.45) is -6.12. The summed E-state index contributed by atoms with van der Waals surface area (Å²) in [7, 11) is -6.28. The second-order valence-corrected chi connectivity index (χ2v) is 6.85. The molecule has 0 saturated heterocycles. The summed E-state index contributed by atoms with van der Waals surface area (Å²) in [5, 5.41) is -5.35. The maximum Gasteiger partial charge on any atom is 0.468 e. The highest BCUT2D eigenvalue weighted by atomic mass is 32.2. The van der Waals surface area contributed by atoms with Crippen molar-refractivity contribution < 1.29 is 63.1 Å². The minimum atomic E-state index is -6.28. The summed E-state index contributed by atoms with van der Waals surface area (Å²) in [5.41, 5.74) is 0. The van der Waals surface area contributed by atoms with Gasteiger partial charge in [0.15, 0.2) is 0 Å². The van der Waals surface area contributed by atoms with Gasteiger partial charge in [0, 0.05) is 0 Å². The van der Waals surface area contributed by atoms with Crippen molar-refractivity contribution >= 4 is 22.1 Å². The third-order valence-electron chi connectivity index (χ3n) is 2.47. The Labute approximate surface area is 148 Å². The van der Waals surface area contributed by atoms with Crippen molar-refractivity contribution in [2.24, 2.45) is 5.92 Å². The molecule has 0 spiro atoms. The van der Waals surface area contributed by atoms with Gasteiger partial charge in [-0.25, -0.2) is 9.59 Å². The summed E-state index contributed by atoms with van der Waals surface area (Å²) in [6, 6.07) is 0. The van der Waals surface area contributed by atoms with Crippen molar-refractivity contribution in [2.45, 2.75) is 31.1 Å². The minimum absolute atomic E-state index is 0.578. The molecule has 1 unspecified atom stereocenters. The first-order valence-corrected chi connectivity index (χ1v) is 8.12. The van der Waals surface area contributed by atoms with E-state index in [-0.39, 0.29) is 0 Å². The van der Waals surface area contributed by atoms with Crippen molar-refractivity contribution in [2.75, 3.05) is 13.2 Å². The van der Waals surface area contributed by atoms with Gasteiger partial charge in [-0.05, 0) is 5.92 Å². The van der Waals surface area contributed by atoms with Gasteiger partial charge >= 0.3 is 39.3 Å². The number of halogens is 6. The third kappa shape index (κ3) is 6.35. The lowest BCUT2D eigenvalue weighted by molar-refractivity contribution is -0.360. The lowest BCUT2D eigenvalue weighted by Gasteiger charge is -2.32. The van der Waals surface area contributed by atoms with E-state index in [4.69, 9.17) is 4.55 Å². The van der Waals surface area contributed by atoms with Crippen molar-refractivity contribution in [1.82, 2.24) is 0 Å². The van der Waals surface area contributed by atoms with E-state index in [2.05, 4.69) is 20.8 Å². The van der Waals surface area contributed by atoms with Gasteiger partial charge < -0.3 is 14.2 Å². The molecule has 27 heavy (non-hydrogen) atoms. The molecule has 15 heteroatoms. The van der Waals surface area contributed by atoms with Crippen LogP contribution in [0.25, 0.3) is 0 Å². The molecule has 8 nitrogen and oxygen atoms in total. The zero-order chi connectivity index (χ0) is 21.8. The Kier molecular flexibility index (Phi) is 7.85. The average Bonchev–Trinajstić information content (AvgIpc) is 2.46. The van der Waals surface area contributed by atoms with Crippen molar-refractivity contribution in [1.29, 1.82) is 0 Å². The molecular formula is C12H14F6O8S. The predicted molar refractivity (Wildman–Crippen MR) is 73.4 cm³/mol. The summed E-state index contributed by atoms with van der Waals surface area (Å²) in [6.45, 7) is 1.50. The molecule has 158 valence electrons. The van der Waals surface area contributed by atoms with Gasteiger partial charge in [0.25, 0.3) is 0 Å². The molecule has 0 radical (unpaired) electrons. The fourth-order valence-electron chi connectivity index (χ4n) is 1.17. The average molecular weight is 432 g/mol. The Hall–Kier alpha value is -1.87. The molecule has 0 saturated carbocycles. The van der Waals surface area contributed by atoms with Gasteiger partial charge in [-0.15, -0.1) is 0 Å². The van der Waals surface area contributed by atoms with Crippen molar-refractivity contribution in [3.05, 3.63) is 12.4 Å². The predicted octanol–water partition coefficient (Wildman–Crippen LogP) is 1.97. The normalized spacial score (nSPS) is 15.2. The molecule has 0 bridgehead atoms. The highest BCUT2D eigenvalue weighted by Crippen LogP contribution is 2.38. The lowest BCUT2D eigenvalue weighted by atomic mass is 10.2. The first kappa shape index (κ1) is 25.1. The van der Waals surface area contributed by atoms with E-state index in [9.17, 15) is 44.3 Å². The monoisotopic (exact) mass is 432 g/mol. The van der Waals surface area contributed by atoms with Crippen molar-refractivity contribution in [3.8, 4) is 0 Å². The smallest absolute Gasteiger partial charge is 0.460 e. The zero-order valence-corrected chi connectivity index (χ0v) is 14.5. The molecule has 1 atom stereocenters. The van der Waals surface area contributed by atoms with Crippen LogP contribution in [0, 0.1) is 5.92 Å². The quantitative estimate of drug-likeness (QED) is 0.193. The van der Waals surface area contributed by atoms with Gasteiger partial charge in [0.1, 0.15) is 6.61 Å². The second-order valence-electron chi connectivity index (χ2n) is 5.30. The molecule has 0 rings (SSSR count). The first-order chi connectivity index (χ1) is 11.9. The van der Waals surface area contributed by atoms with E-state index in [1.807, 2.05) is 0 Å². The summed E-state index contributed by atoms with van der Waals surface area (Å²) < 4.78 is 120. The van der Waals surface area contributed by atoms with E-state index >= 15 is 0 Å². The van der Waals surface area contributed by atoms with E-state index in [1.54, 1.807) is 0 Å². The highest BCUT2D eigenvalue weighted by Gasteiger charge is 2.69. The fourth-order valence-corrected chi connectivity index (χ4v) is 1.38. The molecule has 0 aromatic rings. The molecular weight excluding hydrogens is 418 g/mol. The standard InChI is InChI=1S/C12H14F6O8S/c1-6(2)4-24-9(20)11(12(16,17)18,26-8(19)7(3)13)25-5-10(14,15)27(21,22)23/h6H,3-5H2,1-2H3,(H,21,22,23). The van der Waals surface area contributed by atoms with Crippen LogP contribution in [0.2, 0.25) is 0 Å². The Bertz CT molecular complexity index is 686. The van der Waals surface area contributed by atoms with Crippen LogP contribution in [0.5, 0.6) is 0 Å². The zero-order valence-electron chi connectivity index (χ0n) is 13.7. The van der Waals surface area contributed by atoms with Crippen LogP contribution in [-0.4, -0.2) is 55.3 Å². The summed E-state index contributed by atoms with van der Waals surface area (Å²) >= 11 is 0. The van der Waals surface area contributed by atoms with Gasteiger partial charge in [0.05, 0.1) is 6.61 Å². The van der Waals surface area contributed by atoms with Gasteiger partial charge in [0.2, 0.25) is 5.83 Å². The molecule has 1 N–H and O–H groups in total. The van der Waals surface area contributed by atoms with Crippen LogP contribution in [0.3, 0.4) is 0 Å². The number of carbonyl (C=O) groups excluding carboxylic acids is 2. The Morgan fingerprint density at radius 1 is 1.15 bits per heavy atom. The fraction of sp³-hybridized carbons (Fsp3) is 0.667. The van der Waals surface area contributed by atoms with E-state index in [0.717, 1.165) is 0 Å². The van der Waals surface area contributed by atoms with Crippen LogP contribution in [-0.2, 0) is 33.9 Å². The highest BCUT2D eigenvalue weighted by molar-refractivity contribution is 7.86. The number of ether oxygens (including phenoxy) is 3. The number of carbonyl (C=O) groups is 2. The number of esters is 2. The molecule has 0 aromatic carbocycles. The van der Waals surface area contributed by atoms with Crippen LogP contribution < -0.4 is 0 Å². The van der Waals surface area contributed by atoms with Gasteiger partial charge in [-0.1, -0.05) is 20.4 Å². The molecule has 0 aromatic heterocycles. The SMILES string of the molecule is C=C(F)C(=O)OC(OCC(F)(F)S(=O)(=O)O)(C(=O)OCC(C)C)C(F)(F)F. The molecule has 0 aliphatic rings. The van der Waals surface area contributed by atoms with Crippen molar-refractivity contribution in [3.63, 3.8) is 0 Å². The van der Waals surface area contributed by atoms with Crippen LogP contribution >= 0.6 is 0 Å². The van der Waals surface area contributed by atoms with Crippen LogP contribution in [0.15, 0.2) is 12.4 Å². The van der Waals surface area contributed by atoms with Gasteiger partial charge in [-0.2, -0.15) is 34.8 Å². The lowest BCUT2D eigenvalue weighted by Crippen LogP contribution is -2.59. The second kappa shape index (κ2) is 8.43. The number of rotatable bonds is 9. The molecule has 0 amide bonds. The minimum Gasteiger partial charge on any atom is -0.460 e. The number of hydrogen-bond acceptors (Lipinski definition) is 7. The molecule has 0 aliphatic carbocycles. The Morgan fingerprint density at radius 2 is 1.63 bits per heavy atom. The van der Waals surface area contributed by atoms with Crippen LogP contribution in [0.1, 0.15) is 13.8 Å². The third-order valence-corrected chi connectivity index (χ3v) is 3.34. The molecule has 0 fully saturated rings. The van der Waals surface area contributed by atoms with Crippen LogP contribution in [0.4, 0.5) is 26.3 Å². The summed E-state index contributed by atoms with van der Waals surface area (Å²) in [5.74, 6) is -12.8. The number of alkyl halides is 5. The van der Waals surface area contributed by atoms with E-state index < -0.39 is 64.2 Å². The molecule has 0 heterocycles. The molecule has 0 aliphatic heterocycles. The maximum atomic E-state index is 13.3. The number of hydrogen-bond donors (Lipinski definition) is 1.